The van der Waals surface area contributed by atoms with Gasteiger partial charge in [-0.2, -0.15) is 0 Å². The molecule has 8 nitrogen and oxygen atoms in total. The molecule has 3 rings (SSSR count). The fourth-order valence-corrected chi connectivity index (χ4v) is 3.57. The zero-order valence-electron chi connectivity index (χ0n) is 21.4. The minimum absolute atomic E-state index is 0.0575. The van der Waals surface area contributed by atoms with E-state index in [2.05, 4.69) is 10.3 Å². The van der Waals surface area contributed by atoms with E-state index in [1.807, 2.05) is 6.07 Å². The van der Waals surface area contributed by atoms with E-state index < -0.39 is 17.3 Å². The zero-order valence-corrected chi connectivity index (χ0v) is 21.4. The van der Waals surface area contributed by atoms with Crippen LogP contribution in [0.25, 0.3) is 5.57 Å². The maximum Gasteiger partial charge on any atom is 0.341 e. The van der Waals surface area contributed by atoms with Gasteiger partial charge in [-0.15, -0.1) is 0 Å². The number of hydrogen-bond acceptors (Lipinski definition) is 8. The second-order valence-corrected chi connectivity index (χ2v) is 8.74. The van der Waals surface area contributed by atoms with Crippen LogP contribution in [0.3, 0.4) is 0 Å². The van der Waals surface area contributed by atoms with Crippen molar-refractivity contribution in [3.05, 3.63) is 71.5 Å². The van der Waals surface area contributed by atoms with E-state index in [4.69, 9.17) is 23.9 Å². The van der Waals surface area contributed by atoms with Gasteiger partial charge in [0.05, 0.1) is 32.5 Å². The lowest BCUT2D eigenvalue weighted by Gasteiger charge is -2.13. The molecular formula is C27H30F2N2O6. The van der Waals surface area contributed by atoms with Gasteiger partial charge in [0.15, 0.2) is 0 Å². The lowest BCUT2D eigenvalue weighted by atomic mass is 10.0. The molecule has 37 heavy (non-hydrogen) atoms. The topological polar surface area (TPSA) is 87.9 Å². The first-order valence-corrected chi connectivity index (χ1v) is 11.4. The van der Waals surface area contributed by atoms with Crippen molar-refractivity contribution in [2.24, 2.45) is 15.7 Å². The molecule has 0 N–H and O–H groups in total. The van der Waals surface area contributed by atoms with Gasteiger partial charge < -0.3 is 23.9 Å². The molecule has 2 aromatic carbocycles. The van der Waals surface area contributed by atoms with Crippen LogP contribution in [0.1, 0.15) is 37.0 Å². The van der Waals surface area contributed by atoms with E-state index in [0.717, 1.165) is 0 Å². The highest BCUT2D eigenvalue weighted by molar-refractivity contribution is 6.47. The highest BCUT2D eigenvalue weighted by Crippen LogP contribution is 2.60. The molecule has 1 atom stereocenters. The molecule has 1 unspecified atom stereocenters. The Bertz CT molecular complexity index is 1190. The van der Waals surface area contributed by atoms with Crippen LogP contribution >= 0.6 is 0 Å². The predicted octanol–water partition coefficient (Wildman–Crippen LogP) is 5.21. The molecule has 2 aromatic rings. The van der Waals surface area contributed by atoms with Crippen LogP contribution in [0, 0.1) is 5.41 Å². The quantitative estimate of drug-likeness (QED) is 0.126. The second kappa shape index (κ2) is 11.9. The number of oxime groups is 2. The van der Waals surface area contributed by atoms with Crippen molar-refractivity contribution in [1.29, 1.82) is 0 Å². The van der Waals surface area contributed by atoms with Crippen LogP contribution in [0.2, 0.25) is 0 Å². The average molecular weight is 517 g/mol. The number of methoxy groups -OCH3 is 2. The number of alkyl halides is 2. The Labute approximate surface area is 214 Å². The zero-order chi connectivity index (χ0) is 27.1. The summed E-state index contributed by atoms with van der Waals surface area (Å²) in [5, 5.41) is 8.21. The summed E-state index contributed by atoms with van der Waals surface area (Å²) in [5.41, 5.74) is 1.91. The van der Waals surface area contributed by atoms with Crippen molar-refractivity contribution >= 4 is 23.0 Å². The SMILES string of the molecule is COC=C(C(=O)OC)c1ccccc1CON=C(C)C(=NOC)c1ccc(OCC2(C)CC2(F)F)cc1. The Morgan fingerprint density at radius 3 is 2.32 bits per heavy atom. The molecule has 10 heteroatoms. The van der Waals surface area contributed by atoms with Gasteiger partial charge in [0, 0.05) is 17.5 Å². The summed E-state index contributed by atoms with van der Waals surface area (Å²) >= 11 is 0. The number of nitrogens with zero attached hydrogens (tertiary/aromatic N) is 2. The summed E-state index contributed by atoms with van der Waals surface area (Å²) in [4.78, 5) is 22.7. The highest BCUT2D eigenvalue weighted by atomic mass is 19.3. The van der Waals surface area contributed by atoms with E-state index in [-0.39, 0.29) is 25.2 Å². The largest absolute Gasteiger partial charge is 0.503 e. The molecule has 0 saturated heterocycles. The van der Waals surface area contributed by atoms with Crippen molar-refractivity contribution in [3.8, 4) is 5.75 Å². The third-order valence-corrected chi connectivity index (χ3v) is 5.95. The average Bonchev–Trinajstić information content (AvgIpc) is 3.41. The molecule has 0 aromatic heterocycles. The summed E-state index contributed by atoms with van der Waals surface area (Å²) < 4.78 is 42.3. The van der Waals surface area contributed by atoms with Crippen molar-refractivity contribution in [3.63, 3.8) is 0 Å². The van der Waals surface area contributed by atoms with Crippen LogP contribution in [0.5, 0.6) is 5.75 Å². The van der Waals surface area contributed by atoms with Gasteiger partial charge in [0.1, 0.15) is 36.5 Å². The molecule has 0 amide bonds. The fraction of sp³-hybridized carbons (Fsp3) is 0.370. The highest BCUT2D eigenvalue weighted by Gasteiger charge is 2.68. The van der Waals surface area contributed by atoms with Crippen LogP contribution < -0.4 is 4.74 Å². The van der Waals surface area contributed by atoms with Crippen LogP contribution in [0.15, 0.2) is 65.1 Å². The maximum atomic E-state index is 13.4. The van der Waals surface area contributed by atoms with Gasteiger partial charge >= 0.3 is 5.97 Å². The molecule has 198 valence electrons. The van der Waals surface area contributed by atoms with Crippen LogP contribution in [-0.4, -0.2) is 51.3 Å². The summed E-state index contributed by atoms with van der Waals surface area (Å²) in [7, 11) is 4.14. The van der Waals surface area contributed by atoms with E-state index >= 15 is 0 Å². The van der Waals surface area contributed by atoms with Gasteiger partial charge in [0.2, 0.25) is 0 Å². The van der Waals surface area contributed by atoms with Gasteiger partial charge in [-0.25, -0.2) is 13.6 Å². The molecule has 0 aliphatic heterocycles. The normalized spacial score (nSPS) is 19.2. The number of benzene rings is 2. The number of esters is 1. The fourth-order valence-electron chi connectivity index (χ4n) is 3.57. The standard InChI is InChI=1S/C27H30F2N2O6/c1-18(30-37-14-20-8-6-7-9-22(20)23(15-33-3)25(32)34-4)24(31-35-5)19-10-12-21(13-11-19)36-17-26(2)16-27(26,28)29/h6-13,15H,14,16-17H2,1-5H3. The Morgan fingerprint density at radius 1 is 1.05 bits per heavy atom. The first kappa shape index (κ1) is 27.6. The first-order valence-electron chi connectivity index (χ1n) is 11.4. The summed E-state index contributed by atoms with van der Waals surface area (Å²) in [6.45, 7) is 3.20. The van der Waals surface area contributed by atoms with Crippen molar-refractivity contribution in [2.75, 3.05) is 27.9 Å². The maximum absolute atomic E-state index is 13.4. The number of ether oxygens (including phenoxy) is 3. The monoisotopic (exact) mass is 516 g/mol. The lowest BCUT2D eigenvalue weighted by molar-refractivity contribution is -0.133. The number of rotatable bonds is 12. The minimum Gasteiger partial charge on any atom is -0.503 e. The van der Waals surface area contributed by atoms with Crippen molar-refractivity contribution in [1.82, 2.24) is 0 Å². The number of carbonyl (C=O) groups is 1. The number of halogens is 2. The predicted molar refractivity (Wildman–Crippen MR) is 134 cm³/mol. The lowest BCUT2D eigenvalue weighted by Crippen LogP contribution is -2.17. The molecular weight excluding hydrogens is 486 g/mol. The molecule has 1 aliphatic carbocycles. The molecule has 1 fully saturated rings. The Hall–Kier alpha value is -3.95. The van der Waals surface area contributed by atoms with Crippen LogP contribution in [0.4, 0.5) is 8.78 Å². The van der Waals surface area contributed by atoms with Gasteiger partial charge in [-0.1, -0.05) is 41.5 Å². The number of hydrogen-bond donors (Lipinski definition) is 0. The van der Waals surface area contributed by atoms with E-state index in [1.165, 1.54) is 34.5 Å². The summed E-state index contributed by atoms with van der Waals surface area (Å²) in [6, 6.07) is 14.0. The molecule has 0 spiro atoms. The minimum atomic E-state index is -2.68. The van der Waals surface area contributed by atoms with Gasteiger partial charge in [0.25, 0.3) is 5.92 Å². The molecule has 0 bridgehead atoms. The van der Waals surface area contributed by atoms with Crippen molar-refractivity contribution < 1.29 is 37.5 Å². The third kappa shape index (κ3) is 6.63. The summed E-state index contributed by atoms with van der Waals surface area (Å²) in [5.74, 6) is -2.76. The smallest absolute Gasteiger partial charge is 0.341 e. The molecule has 1 aliphatic rings. The number of carbonyl (C=O) groups excluding carboxylic acids is 1. The van der Waals surface area contributed by atoms with Crippen molar-refractivity contribution in [2.45, 2.75) is 32.8 Å². The Morgan fingerprint density at radius 2 is 1.73 bits per heavy atom. The third-order valence-electron chi connectivity index (χ3n) is 5.95. The first-order chi connectivity index (χ1) is 17.7. The summed E-state index contributed by atoms with van der Waals surface area (Å²) in [6.07, 6.45) is 1.14. The Kier molecular flexibility index (Phi) is 8.86. The second-order valence-electron chi connectivity index (χ2n) is 8.74. The van der Waals surface area contributed by atoms with E-state index in [1.54, 1.807) is 49.4 Å². The molecule has 1 saturated carbocycles. The van der Waals surface area contributed by atoms with Gasteiger partial charge in [-0.3, -0.25) is 0 Å². The molecule has 0 radical (unpaired) electrons. The van der Waals surface area contributed by atoms with Crippen LogP contribution in [-0.2, 0) is 30.6 Å². The molecule has 0 heterocycles. The van der Waals surface area contributed by atoms with E-state index in [9.17, 15) is 13.6 Å². The Balaban J connectivity index is 1.70. The van der Waals surface area contributed by atoms with E-state index in [0.29, 0.717) is 33.9 Å². The van der Waals surface area contributed by atoms with Gasteiger partial charge in [-0.05, 0) is 36.8 Å².